The smallest absolute Gasteiger partial charge is 0.136 e. The van der Waals surface area contributed by atoms with Crippen LogP contribution in [-0.4, -0.2) is 11.5 Å². The van der Waals surface area contributed by atoms with Crippen molar-refractivity contribution in [1.29, 1.82) is 0 Å². The molecular formula is C17H29FO. The second-order valence-electron chi connectivity index (χ2n) is 7.62. The van der Waals surface area contributed by atoms with Crippen LogP contribution in [0.25, 0.3) is 0 Å². The summed E-state index contributed by atoms with van der Waals surface area (Å²) in [5.74, 6) is 1.55. The Hall–Kier alpha value is -0.400. The van der Waals surface area contributed by atoms with Gasteiger partial charge in [0, 0.05) is 12.3 Å². The van der Waals surface area contributed by atoms with Gasteiger partial charge in [-0.3, -0.25) is 4.79 Å². The lowest BCUT2D eigenvalue weighted by Crippen LogP contribution is -2.37. The molecule has 3 unspecified atom stereocenters. The van der Waals surface area contributed by atoms with E-state index >= 15 is 0 Å². The van der Waals surface area contributed by atoms with Crippen LogP contribution in [0, 0.1) is 17.3 Å². The lowest BCUT2D eigenvalue weighted by atomic mass is 9.64. The number of hydrogen-bond donors (Lipinski definition) is 0. The fourth-order valence-electron chi connectivity index (χ4n) is 4.45. The van der Waals surface area contributed by atoms with Crippen molar-refractivity contribution in [2.75, 3.05) is 0 Å². The van der Waals surface area contributed by atoms with Crippen molar-refractivity contribution >= 4 is 5.78 Å². The van der Waals surface area contributed by atoms with Crippen molar-refractivity contribution < 1.29 is 9.18 Å². The lowest BCUT2D eigenvalue weighted by molar-refractivity contribution is -0.129. The predicted octanol–water partition coefficient (Wildman–Crippen LogP) is 5.08. The zero-order valence-corrected chi connectivity index (χ0v) is 12.8. The van der Waals surface area contributed by atoms with Crippen LogP contribution in [0.5, 0.6) is 0 Å². The van der Waals surface area contributed by atoms with Crippen molar-refractivity contribution in [2.45, 2.75) is 84.2 Å². The Morgan fingerprint density at radius 1 is 1.32 bits per heavy atom. The first-order valence-electron chi connectivity index (χ1n) is 8.04. The van der Waals surface area contributed by atoms with Crippen LogP contribution < -0.4 is 0 Å². The van der Waals surface area contributed by atoms with Gasteiger partial charge in [0.15, 0.2) is 0 Å². The number of alkyl halides is 1. The minimum absolute atomic E-state index is 0.264. The Labute approximate surface area is 117 Å². The maximum absolute atomic E-state index is 13.4. The van der Waals surface area contributed by atoms with E-state index in [1.54, 1.807) is 13.8 Å². The topological polar surface area (TPSA) is 17.1 Å². The van der Waals surface area contributed by atoms with Crippen molar-refractivity contribution in [3.05, 3.63) is 0 Å². The van der Waals surface area contributed by atoms with E-state index in [-0.39, 0.29) is 5.41 Å². The molecule has 0 radical (unpaired) electrons. The van der Waals surface area contributed by atoms with Crippen LogP contribution >= 0.6 is 0 Å². The van der Waals surface area contributed by atoms with Gasteiger partial charge in [-0.15, -0.1) is 0 Å². The summed E-state index contributed by atoms with van der Waals surface area (Å²) in [6.45, 7) is 5.67. The summed E-state index contributed by atoms with van der Waals surface area (Å²) in [5.41, 5.74) is -0.760. The molecule has 0 bridgehead atoms. The van der Waals surface area contributed by atoms with Gasteiger partial charge in [-0.25, -0.2) is 4.39 Å². The molecule has 110 valence electrons. The van der Waals surface area contributed by atoms with Crippen molar-refractivity contribution in [3.8, 4) is 0 Å². The average molecular weight is 268 g/mol. The largest absolute Gasteiger partial charge is 0.299 e. The molecule has 0 heterocycles. The van der Waals surface area contributed by atoms with E-state index in [1.165, 1.54) is 19.3 Å². The summed E-state index contributed by atoms with van der Waals surface area (Å²) in [6.07, 6.45) is 9.39. The zero-order chi connectivity index (χ0) is 14.1. The molecule has 2 fully saturated rings. The number of ketones is 1. The fraction of sp³-hybridized carbons (Fsp3) is 0.941. The van der Waals surface area contributed by atoms with Crippen LogP contribution in [-0.2, 0) is 4.79 Å². The number of Topliss-reactive ketones (excluding diaryl/α,β-unsaturated/α-hetero) is 1. The molecule has 19 heavy (non-hydrogen) atoms. The van der Waals surface area contributed by atoms with Crippen molar-refractivity contribution in [2.24, 2.45) is 17.3 Å². The molecule has 0 saturated heterocycles. The first-order valence-corrected chi connectivity index (χ1v) is 8.04. The van der Waals surface area contributed by atoms with Gasteiger partial charge in [-0.1, -0.05) is 19.8 Å². The molecule has 0 spiro atoms. The van der Waals surface area contributed by atoms with Gasteiger partial charge in [0.1, 0.15) is 11.5 Å². The number of fused-ring (bicyclic) bond motifs is 1. The van der Waals surface area contributed by atoms with Crippen LogP contribution in [0.15, 0.2) is 0 Å². The number of hydrogen-bond acceptors (Lipinski definition) is 1. The Kier molecular flexibility index (Phi) is 4.37. The Bertz CT molecular complexity index is 331. The minimum Gasteiger partial charge on any atom is -0.299 e. The standard InChI is InChI=1S/C17H29FO/c1-16(2,18)11-5-4-7-13-9-10-14-15(19)8-6-12-17(13,14)3/h13-14H,4-12H2,1-3H3. The number of halogens is 1. The van der Waals surface area contributed by atoms with Gasteiger partial charge >= 0.3 is 0 Å². The molecule has 0 aromatic heterocycles. The summed E-state index contributed by atoms with van der Waals surface area (Å²) in [5, 5.41) is 0. The molecule has 0 aromatic rings. The summed E-state index contributed by atoms with van der Waals surface area (Å²) < 4.78 is 13.4. The Morgan fingerprint density at radius 2 is 2.05 bits per heavy atom. The van der Waals surface area contributed by atoms with Crippen LogP contribution in [0.1, 0.15) is 78.6 Å². The van der Waals surface area contributed by atoms with Crippen molar-refractivity contribution in [1.82, 2.24) is 0 Å². The third kappa shape index (κ3) is 3.38. The average Bonchev–Trinajstić information content (AvgIpc) is 2.62. The highest BCUT2D eigenvalue weighted by molar-refractivity contribution is 5.83. The minimum atomic E-state index is -1.02. The second kappa shape index (κ2) is 5.54. The summed E-state index contributed by atoms with van der Waals surface area (Å²) in [4.78, 5) is 12.0. The number of carbonyl (C=O) groups excluding carboxylic acids is 1. The third-order valence-corrected chi connectivity index (χ3v) is 5.63. The summed E-state index contributed by atoms with van der Waals surface area (Å²) in [6, 6.07) is 0. The molecule has 2 heteroatoms. The molecule has 3 atom stereocenters. The van der Waals surface area contributed by atoms with Crippen LogP contribution in [0.4, 0.5) is 4.39 Å². The highest BCUT2D eigenvalue weighted by atomic mass is 19.1. The normalized spacial score (nSPS) is 35.5. The fourth-order valence-corrected chi connectivity index (χ4v) is 4.45. The lowest BCUT2D eigenvalue weighted by Gasteiger charge is -2.40. The van der Waals surface area contributed by atoms with Gasteiger partial charge in [-0.05, 0) is 63.7 Å². The molecule has 2 aliphatic carbocycles. The molecule has 2 aliphatic rings. The Morgan fingerprint density at radius 3 is 2.74 bits per heavy atom. The molecule has 0 aliphatic heterocycles. The molecule has 1 nitrogen and oxygen atoms in total. The first kappa shape index (κ1) is 15.0. The monoisotopic (exact) mass is 268 g/mol. The number of carbonyl (C=O) groups is 1. The van der Waals surface area contributed by atoms with Gasteiger partial charge in [0.05, 0.1) is 0 Å². The summed E-state index contributed by atoms with van der Waals surface area (Å²) >= 11 is 0. The van der Waals surface area contributed by atoms with Crippen LogP contribution in [0.3, 0.4) is 0 Å². The van der Waals surface area contributed by atoms with E-state index in [0.29, 0.717) is 24.0 Å². The molecule has 2 saturated carbocycles. The maximum Gasteiger partial charge on any atom is 0.136 e. The van der Waals surface area contributed by atoms with Crippen molar-refractivity contribution in [3.63, 3.8) is 0 Å². The van der Waals surface area contributed by atoms with Gasteiger partial charge in [-0.2, -0.15) is 0 Å². The van der Waals surface area contributed by atoms with E-state index in [0.717, 1.165) is 32.1 Å². The highest BCUT2D eigenvalue weighted by Crippen LogP contribution is 2.55. The van der Waals surface area contributed by atoms with E-state index in [2.05, 4.69) is 6.92 Å². The third-order valence-electron chi connectivity index (χ3n) is 5.63. The van der Waals surface area contributed by atoms with Crippen LogP contribution in [0.2, 0.25) is 0 Å². The number of rotatable bonds is 5. The second-order valence-corrected chi connectivity index (χ2v) is 7.62. The predicted molar refractivity (Wildman–Crippen MR) is 76.8 cm³/mol. The Balaban J connectivity index is 1.83. The number of unbranched alkanes of at least 4 members (excludes halogenated alkanes) is 1. The SMILES string of the molecule is CC(C)(F)CCCCC1CCC2C(=O)CCCC12C. The van der Waals surface area contributed by atoms with Gasteiger partial charge in [0.2, 0.25) is 0 Å². The molecule has 0 amide bonds. The quantitative estimate of drug-likeness (QED) is 0.635. The van der Waals surface area contributed by atoms with E-state index in [4.69, 9.17) is 0 Å². The van der Waals surface area contributed by atoms with E-state index in [1.807, 2.05) is 0 Å². The molecule has 2 rings (SSSR count). The van der Waals surface area contributed by atoms with Gasteiger partial charge < -0.3 is 0 Å². The highest BCUT2D eigenvalue weighted by Gasteiger charge is 2.50. The van der Waals surface area contributed by atoms with Gasteiger partial charge in [0.25, 0.3) is 0 Å². The summed E-state index contributed by atoms with van der Waals surface area (Å²) in [7, 11) is 0. The zero-order valence-electron chi connectivity index (χ0n) is 12.8. The first-order chi connectivity index (χ1) is 8.83. The molecular weight excluding hydrogens is 239 g/mol. The molecule has 0 aromatic carbocycles. The maximum atomic E-state index is 13.4. The molecule has 0 N–H and O–H groups in total. The van der Waals surface area contributed by atoms with E-state index < -0.39 is 5.67 Å². The van der Waals surface area contributed by atoms with E-state index in [9.17, 15) is 9.18 Å².